The average molecular weight is 460 g/mol. The predicted molar refractivity (Wildman–Crippen MR) is 116 cm³/mol. The van der Waals surface area contributed by atoms with E-state index in [1.165, 1.54) is 11.0 Å². The van der Waals surface area contributed by atoms with Crippen LogP contribution in [0.5, 0.6) is 5.75 Å². The van der Waals surface area contributed by atoms with Gasteiger partial charge in [0.25, 0.3) is 5.91 Å². The molecule has 33 heavy (non-hydrogen) atoms. The van der Waals surface area contributed by atoms with Crippen LogP contribution >= 0.6 is 0 Å². The van der Waals surface area contributed by atoms with Crippen LogP contribution < -0.4 is 5.73 Å². The van der Waals surface area contributed by atoms with Gasteiger partial charge in [0.05, 0.1) is 23.3 Å². The number of aliphatic hydroxyl groups is 4. The van der Waals surface area contributed by atoms with E-state index in [4.69, 9.17) is 10.5 Å². The third kappa shape index (κ3) is 2.81. The number of hydrogen-bond donors (Lipinski definition) is 6. The van der Waals surface area contributed by atoms with Crippen LogP contribution in [0.3, 0.4) is 0 Å². The molecule has 0 heterocycles. The number of nitrogens with two attached hydrogens (primary N) is 1. The number of phenolic OH excluding ortho intramolecular Hbond substituents is 1. The van der Waals surface area contributed by atoms with Crippen molar-refractivity contribution in [3.63, 3.8) is 0 Å². The Morgan fingerprint density at radius 3 is 2.39 bits per heavy atom. The molecule has 1 aromatic carbocycles. The Morgan fingerprint density at radius 2 is 1.85 bits per heavy atom. The molecule has 0 radical (unpaired) electrons. The number of carbonyl (C=O) groups is 2. The number of carbonyl (C=O) groups excluding carboxylic acids is 2. The highest BCUT2D eigenvalue weighted by molar-refractivity contribution is 6.11. The highest BCUT2D eigenvalue weighted by atomic mass is 16.5. The molecule has 7 N–H and O–H groups in total. The second kappa shape index (κ2) is 7.56. The summed E-state index contributed by atoms with van der Waals surface area (Å²) in [6.45, 7) is 1.74. The molecule has 0 bridgehead atoms. The number of benzene rings is 1. The summed E-state index contributed by atoms with van der Waals surface area (Å²) in [7, 11) is 4.26. The van der Waals surface area contributed by atoms with Gasteiger partial charge in [-0.15, -0.1) is 0 Å². The van der Waals surface area contributed by atoms with E-state index in [0.717, 1.165) is 7.11 Å². The monoisotopic (exact) mass is 460 g/mol. The van der Waals surface area contributed by atoms with E-state index in [0.29, 0.717) is 5.56 Å². The number of nitrogens with zero attached hydrogens (tertiary/aromatic N) is 1. The fourth-order valence-electron chi connectivity index (χ4n) is 6.03. The van der Waals surface area contributed by atoms with Gasteiger partial charge in [-0.2, -0.15) is 0 Å². The topological polar surface area (TPSA) is 174 Å². The molecule has 178 valence electrons. The molecule has 0 aromatic heterocycles. The van der Waals surface area contributed by atoms with Gasteiger partial charge in [0.15, 0.2) is 11.4 Å². The summed E-state index contributed by atoms with van der Waals surface area (Å²) in [5, 5.41) is 55.9. The minimum absolute atomic E-state index is 0.0429. The molecular formula is C23H28N2O8. The molecule has 1 fully saturated rings. The number of amides is 1. The lowest BCUT2D eigenvalue weighted by molar-refractivity contribution is -0.194. The maximum absolute atomic E-state index is 13.9. The summed E-state index contributed by atoms with van der Waals surface area (Å²) in [4.78, 5) is 27.6. The molecule has 10 nitrogen and oxygen atoms in total. The molecule has 0 saturated heterocycles. The summed E-state index contributed by atoms with van der Waals surface area (Å²) in [6.07, 6.45) is -3.14. The number of fused-ring (bicyclic) bond motifs is 3. The number of ether oxygens (including phenoxy) is 1. The zero-order valence-corrected chi connectivity index (χ0v) is 18.7. The summed E-state index contributed by atoms with van der Waals surface area (Å²) >= 11 is 0. The van der Waals surface area contributed by atoms with Gasteiger partial charge < -0.3 is 36.0 Å². The minimum atomic E-state index is -2.54. The number of likely N-dealkylation sites (N-methyl/N-ethyl adjacent to an activating group) is 1. The Balaban J connectivity index is 2.05. The average Bonchev–Trinajstić information content (AvgIpc) is 2.74. The number of hydrogen-bond acceptors (Lipinski definition) is 9. The van der Waals surface area contributed by atoms with Gasteiger partial charge in [0.1, 0.15) is 23.4 Å². The maximum atomic E-state index is 13.9. The normalized spacial score (nSPS) is 35.9. The van der Waals surface area contributed by atoms with Crippen molar-refractivity contribution >= 4 is 17.4 Å². The van der Waals surface area contributed by atoms with Crippen molar-refractivity contribution in [3.05, 3.63) is 46.2 Å². The van der Waals surface area contributed by atoms with Gasteiger partial charge in [-0.1, -0.05) is 19.1 Å². The van der Waals surface area contributed by atoms with E-state index < -0.39 is 70.4 Å². The fourth-order valence-corrected chi connectivity index (χ4v) is 6.03. The largest absolute Gasteiger partial charge is 0.510 e. The third-order valence-corrected chi connectivity index (χ3v) is 7.40. The van der Waals surface area contributed by atoms with Gasteiger partial charge in [-0.05, 0) is 31.6 Å². The molecule has 3 aliphatic carbocycles. The van der Waals surface area contributed by atoms with E-state index >= 15 is 0 Å². The standard InChI is InChI=1S/C23H28N2O8/c1-8-9-6-5-7-10(26)12(9)17(27)13-11(8)18(28)15-16(25(2)3)19(29)14(22(24)31)21(33-4)23(15,32)20(13)30/h5-8,11,15-16,18,21,26-29,32H,1-4H3,(H2,24,31)/t8-,11+,15+,16-,18-,21?,23-/m0/s1. The van der Waals surface area contributed by atoms with Crippen LogP contribution in [0.2, 0.25) is 0 Å². The summed E-state index contributed by atoms with van der Waals surface area (Å²) in [5.74, 6) is -6.19. The van der Waals surface area contributed by atoms with Crippen molar-refractivity contribution in [1.82, 2.24) is 4.90 Å². The zero-order chi connectivity index (χ0) is 24.6. The van der Waals surface area contributed by atoms with Crippen molar-refractivity contribution in [2.45, 2.75) is 36.7 Å². The van der Waals surface area contributed by atoms with Gasteiger partial charge in [-0.25, -0.2) is 0 Å². The lowest BCUT2D eigenvalue weighted by Gasteiger charge is -2.56. The van der Waals surface area contributed by atoms with Gasteiger partial charge in [0.2, 0.25) is 0 Å². The second-order valence-electron chi connectivity index (χ2n) is 9.18. The molecule has 0 spiro atoms. The van der Waals surface area contributed by atoms with Crippen LogP contribution in [0.15, 0.2) is 35.1 Å². The molecule has 1 aromatic rings. The SMILES string of the molecule is COC1C(C(N)=O)=C(O)[C@@H](N(C)C)[C@@H]2[C@@H](O)[C@H]3C(=C(O)c4c(O)cccc4[C@@H]3C)C(=O)[C@]12O. The number of aromatic hydroxyl groups is 1. The Bertz CT molecular complexity index is 1110. The van der Waals surface area contributed by atoms with Crippen molar-refractivity contribution in [2.75, 3.05) is 21.2 Å². The van der Waals surface area contributed by atoms with Crippen LogP contribution in [-0.4, -0.2) is 87.2 Å². The number of aliphatic hydroxyl groups excluding tert-OH is 3. The first-order valence-electron chi connectivity index (χ1n) is 10.5. The number of methoxy groups -OCH3 is 1. The van der Waals surface area contributed by atoms with Crippen LogP contribution in [0, 0.1) is 11.8 Å². The van der Waals surface area contributed by atoms with Crippen molar-refractivity contribution < 1.29 is 39.9 Å². The highest BCUT2D eigenvalue weighted by Crippen LogP contribution is 2.56. The zero-order valence-electron chi connectivity index (χ0n) is 18.7. The van der Waals surface area contributed by atoms with Crippen molar-refractivity contribution in [2.24, 2.45) is 17.6 Å². The van der Waals surface area contributed by atoms with Crippen molar-refractivity contribution in [1.29, 1.82) is 0 Å². The van der Waals surface area contributed by atoms with E-state index in [1.807, 2.05) is 0 Å². The van der Waals surface area contributed by atoms with E-state index in [1.54, 1.807) is 33.2 Å². The van der Waals surface area contributed by atoms with E-state index in [2.05, 4.69) is 0 Å². The number of ketones is 1. The Labute approximate surface area is 190 Å². The lowest BCUT2D eigenvalue weighted by Crippen LogP contribution is -2.73. The number of phenols is 1. The van der Waals surface area contributed by atoms with Gasteiger partial charge in [0, 0.05) is 24.5 Å². The first-order chi connectivity index (χ1) is 15.4. The maximum Gasteiger partial charge on any atom is 0.250 e. The van der Waals surface area contributed by atoms with Crippen molar-refractivity contribution in [3.8, 4) is 5.75 Å². The van der Waals surface area contributed by atoms with Gasteiger partial charge in [-0.3, -0.25) is 14.5 Å². The first kappa shape index (κ1) is 23.2. The Hall–Kier alpha value is -2.92. The molecule has 4 rings (SSSR count). The van der Waals surface area contributed by atoms with Crippen LogP contribution in [0.4, 0.5) is 0 Å². The predicted octanol–water partition coefficient (Wildman–Crippen LogP) is -0.0583. The quantitative estimate of drug-likeness (QED) is 0.361. The molecular weight excluding hydrogens is 432 g/mol. The number of Topliss-reactive ketones (excluding diaryl/α,β-unsaturated/α-hetero) is 1. The highest BCUT2D eigenvalue weighted by Gasteiger charge is 2.69. The van der Waals surface area contributed by atoms with E-state index in [9.17, 15) is 35.1 Å². The smallest absolute Gasteiger partial charge is 0.250 e. The third-order valence-electron chi connectivity index (χ3n) is 7.40. The number of rotatable bonds is 3. The molecule has 0 aliphatic heterocycles. The van der Waals surface area contributed by atoms with Gasteiger partial charge >= 0.3 is 0 Å². The second-order valence-corrected chi connectivity index (χ2v) is 9.18. The first-order valence-corrected chi connectivity index (χ1v) is 10.5. The minimum Gasteiger partial charge on any atom is -0.510 e. The lowest BCUT2D eigenvalue weighted by atomic mass is 9.53. The molecule has 7 atom stereocenters. The Kier molecular flexibility index (Phi) is 5.32. The summed E-state index contributed by atoms with van der Waals surface area (Å²) in [6, 6.07) is 3.48. The van der Waals surface area contributed by atoms with Crippen LogP contribution in [-0.2, 0) is 14.3 Å². The summed E-state index contributed by atoms with van der Waals surface area (Å²) in [5.41, 5.74) is 2.75. The Morgan fingerprint density at radius 1 is 1.21 bits per heavy atom. The molecule has 1 unspecified atom stereocenters. The molecule has 10 heteroatoms. The molecule has 1 amide bonds. The molecule has 1 saturated carbocycles. The van der Waals surface area contributed by atoms with Crippen LogP contribution in [0.25, 0.3) is 5.76 Å². The number of primary amides is 1. The summed E-state index contributed by atoms with van der Waals surface area (Å²) < 4.78 is 5.32. The van der Waals surface area contributed by atoms with E-state index in [-0.39, 0.29) is 16.9 Å². The molecule has 3 aliphatic rings. The fraction of sp³-hybridized carbons (Fsp3) is 0.478. The van der Waals surface area contributed by atoms with Crippen LogP contribution in [0.1, 0.15) is 24.0 Å².